The molecule has 21 heavy (non-hydrogen) atoms. The number of halogens is 3. The second-order valence-electron chi connectivity index (χ2n) is 4.36. The summed E-state index contributed by atoms with van der Waals surface area (Å²) >= 11 is 0. The minimum absolute atomic E-state index is 0.107. The molecule has 0 fully saturated rings. The average molecular weight is 307 g/mol. The third kappa shape index (κ3) is 7.31. The van der Waals surface area contributed by atoms with Crippen LogP contribution in [0, 0.1) is 0 Å². The Hall–Kier alpha value is -1.31. The van der Waals surface area contributed by atoms with E-state index in [1.807, 2.05) is 0 Å². The van der Waals surface area contributed by atoms with Gasteiger partial charge in [-0.15, -0.1) is 13.2 Å². The number of ether oxygens (including phenoxy) is 3. The number of methoxy groups -OCH3 is 1. The summed E-state index contributed by atoms with van der Waals surface area (Å²) in [7, 11) is 3.34. The Morgan fingerprint density at radius 1 is 1.19 bits per heavy atom. The molecule has 0 aliphatic carbocycles. The Kier molecular flexibility index (Phi) is 7.49. The minimum atomic E-state index is -4.68. The average Bonchev–Trinajstić information content (AvgIpc) is 2.41. The van der Waals surface area contributed by atoms with Gasteiger partial charge in [-0.3, -0.25) is 0 Å². The Morgan fingerprint density at radius 2 is 1.95 bits per heavy atom. The van der Waals surface area contributed by atoms with Crippen LogP contribution in [0.3, 0.4) is 0 Å². The lowest BCUT2D eigenvalue weighted by atomic mass is 10.0. The molecule has 7 heteroatoms. The van der Waals surface area contributed by atoms with E-state index in [9.17, 15) is 13.2 Å². The van der Waals surface area contributed by atoms with Crippen LogP contribution >= 0.6 is 0 Å². The molecule has 0 bridgehead atoms. The lowest BCUT2D eigenvalue weighted by Gasteiger charge is -2.18. The number of benzene rings is 1. The van der Waals surface area contributed by atoms with Crippen molar-refractivity contribution in [2.24, 2.45) is 0 Å². The maximum absolute atomic E-state index is 12.2. The van der Waals surface area contributed by atoms with Gasteiger partial charge in [-0.05, 0) is 31.2 Å². The van der Waals surface area contributed by atoms with E-state index >= 15 is 0 Å². The van der Waals surface area contributed by atoms with Crippen molar-refractivity contribution in [2.45, 2.75) is 18.8 Å². The summed E-state index contributed by atoms with van der Waals surface area (Å²) in [5.41, 5.74) is 0.717. The molecule has 1 unspecified atom stereocenters. The first-order valence-corrected chi connectivity index (χ1v) is 6.56. The quantitative estimate of drug-likeness (QED) is 0.712. The van der Waals surface area contributed by atoms with Gasteiger partial charge in [0.05, 0.1) is 13.2 Å². The van der Waals surface area contributed by atoms with Crippen molar-refractivity contribution >= 4 is 0 Å². The molecule has 0 aliphatic heterocycles. The highest BCUT2D eigenvalue weighted by atomic mass is 19.4. The van der Waals surface area contributed by atoms with Crippen LogP contribution < -0.4 is 10.1 Å². The van der Waals surface area contributed by atoms with E-state index in [2.05, 4.69) is 10.1 Å². The molecule has 0 radical (unpaired) electrons. The van der Waals surface area contributed by atoms with Crippen molar-refractivity contribution in [3.8, 4) is 5.75 Å². The number of alkyl halides is 3. The molecule has 4 nitrogen and oxygen atoms in total. The largest absolute Gasteiger partial charge is 0.573 e. The second kappa shape index (κ2) is 8.86. The van der Waals surface area contributed by atoms with Gasteiger partial charge in [0, 0.05) is 19.8 Å². The molecule has 0 amide bonds. The Morgan fingerprint density at radius 3 is 2.57 bits per heavy atom. The highest BCUT2D eigenvalue weighted by Gasteiger charge is 2.31. The molecule has 0 aliphatic rings. The van der Waals surface area contributed by atoms with Crippen molar-refractivity contribution < 1.29 is 27.4 Å². The molecule has 0 spiro atoms. The fourth-order valence-electron chi connectivity index (χ4n) is 1.85. The zero-order chi connectivity index (χ0) is 15.7. The molecular weight excluding hydrogens is 287 g/mol. The molecule has 0 saturated heterocycles. The van der Waals surface area contributed by atoms with Crippen molar-refractivity contribution in [3.05, 3.63) is 29.8 Å². The van der Waals surface area contributed by atoms with Crippen LogP contribution in [0.5, 0.6) is 5.75 Å². The van der Waals surface area contributed by atoms with Gasteiger partial charge in [0.1, 0.15) is 5.75 Å². The van der Waals surface area contributed by atoms with Crippen LogP contribution in [-0.2, 0) is 9.47 Å². The Labute approximate surface area is 122 Å². The van der Waals surface area contributed by atoms with Crippen LogP contribution in [0.4, 0.5) is 13.2 Å². The van der Waals surface area contributed by atoms with Crippen LogP contribution in [0.25, 0.3) is 0 Å². The molecule has 1 aromatic carbocycles. The maximum Gasteiger partial charge on any atom is 0.573 e. The minimum Gasteiger partial charge on any atom is -0.406 e. The molecule has 1 atom stereocenters. The van der Waals surface area contributed by atoms with E-state index in [0.29, 0.717) is 26.2 Å². The van der Waals surface area contributed by atoms with Crippen molar-refractivity contribution in [3.63, 3.8) is 0 Å². The first-order chi connectivity index (χ1) is 9.96. The fourth-order valence-corrected chi connectivity index (χ4v) is 1.85. The van der Waals surface area contributed by atoms with Crippen LogP contribution in [0.2, 0.25) is 0 Å². The summed E-state index contributed by atoms with van der Waals surface area (Å²) in [5.74, 6) is -0.222. The van der Waals surface area contributed by atoms with Gasteiger partial charge < -0.3 is 19.5 Å². The van der Waals surface area contributed by atoms with Crippen molar-refractivity contribution in [1.29, 1.82) is 0 Å². The SMILES string of the molecule is CNC(CCOCCOC)c1cccc(OC(F)(F)F)c1. The van der Waals surface area contributed by atoms with Gasteiger partial charge >= 0.3 is 6.36 Å². The van der Waals surface area contributed by atoms with E-state index in [-0.39, 0.29) is 11.8 Å². The highest BCUT2D eigenvalue weighted by molar-refractivity contribution is 5.30. The monoisotopic (exact) mass is 307 g/mol. The van der Waals surface area contributed by atoms with Gasteiger partial charge in [-0.1, -0.05) is 12.1 Å². The van der Waals surface area contributed by atoms with Crippen molar-refractivity contribution in [2.75, 3.05) is 34.0 Å². The zero-order valence-electron chi connectivity index (χ0n) is 12.1. The maximum atomic E-state index is 12.2. The fraction of sp³-hybridized carbons (Fsp3) is 0.571. The van der Waals surface area contributed by atoms with E-state index in [1.54, 1.807) is 20.2 Å². The van der Waals surface area contributed by atoms with Gasteiger partial charge in [0.15, 0.2) is 0 Å². The lowest BCUT2D eigenvalue weighted by molar-refractivity contribution is -0.274. The van der Waals surface area contributed by atoms with Crippen molar-refractivity contribution in [1.82, 2.24) is 5.32 Å². The molecular formula is C14H20F3NO3. The van der Waals surface area contributed by atoms with E-state index in [4.69, 9.17) is 9.47 Å². The third-order valence-corrected chi connectivity index (χ3v) is 2.83. The summed E-state index contributed by atoms with van der Waals surface area (Å²) in [6.07, 6.45) is -4.05. The van der Waals surface area contributed by atoms with E-state index in [1.165, 1.54) is 18.2 Å². The first kappa shape index (κ1) is 17.7. The molecule has 0 heterocycles. The second-order valence-corrected chi connectivity index (χ2v) is 4.36. The summed E-state index contributed by atoms with van der Waals surface area (Å²) in [6.45, 7) is 1.49. The summed E-state index contributed by atoms with van der Waals surface area (Å²) in [6, 6.07) is 5.83. The highest BCUT2D eigenvalue weighted by Crippen LogP contribution is 2.26. The van der Waals surface area contributed by atoms with E-state index in [0.717, 1.165) is 5.56 Å². The smallest absolute Gasteiger partial charge is 0.406 e. The number of hydrogen-bond donors (Lipinski definition) is 1. The topological polar surface area (TPSA) is 39.7 Å². The lowest BCUT2D eigenvalue weighted by Crippen LogP contribution is -2.20. The van der Waals surface area contributed by atoms with Crippen LogP contribution in [-0.4, -0.2) is 40.3 Å². The third-order valence-electron chi connectivity index (χ3n) is 2.83. The number of nitrogens with one attached hydrogen (secondary N) is 1. The van der Waals surface area contributed by atoms with Gasteiger partial charge in [0.25, 0.3) is 0 Å². The number of hydrogen-bond acceptors (Lipinski definition) is 4. The Bertz CT molecular complexity index is 413. The van der Waals surface area contributed by atoms with Crippen LogP contribution in [0.15, 0.2) is 24.3 Å². The standard InChI is InChI=1S/C14H20F3NO3/c1-18-13(6-7-20-9-8-19-2)11-4-3-5-12(10-11)21-14(15,16)17/h3-5,10,13,18H,6-9H2,1-2H3. The summed E-state index contributed by atoms with van der Waals surface area (Å²) < 4.78 is 50.8. The molecule has 120 valence electrons. The normalized spacial score (nSPS) is 13.2. The molecule has 1 N–H and O–H groups in total. The molecule has 0 saturated carbocycles. The van der Waals surface area contributed by atoms with Gasteiger partial charge in [-0.2, -0.15) is 0 Å². The molecule has 0 aromatic heterocycles. The summed E-state index contributed by atoms with van der Waals surface area (Å²) in [5, 5.41) is 3.05. The Balaban J connectivity index is 2.57. The zero-order valence-corrected chi connectivity index (χ0v) is 12.1. The van der Waals surface area contributed by atoms with Gasteiger partial charge in [-0.25, -0.2) is 0 Å². The molecule has 1 aromatic rings. The molecule has 1 rings (SSSR count). The van der Waals surface area contributed by atoms with Gasteiger partial charge in [0.2, 0.25) is 0 Å². The predicted octanol–water partition coefficient (Wildman–Crippen LogP) is 2.90. The number of rotatable bonds is 9. The summed E-state index contributed by atoms with van der Waals surface area (Å²) in [4.78, 5) is 0. The first-order valence-electron chi connectivity index (χ1n) is 6.56. The van der Waals surface area contributed by atoms with E-state index < -0.39 is 6.36 Å². The predicted molar refractivity (Wildman–Crippen MR) is 72.2 cm³/mol. The van der Waals surface area contributed by atoms with Crippen LogP contribution in [0.1, 0.15) is 18.0 Å².